The highest BCUT2D eigenvalue weighted by Crippen LogP contribution is 2.40. The molecule has 1 aliphatic heterocycles. The molecular formula is C25H25F2N5O. The van der Waals surface area contributed by atoms with Crippen LogP contribution in [-0.4, -0.2) is 50.1 Å². The number of hydrogen-bond donors (Lipinski definition) is 0. The third-order valence-corrected chi connectivity index (χ3v) is 7.09. The zero-order valence-electron chi connectivity index (χ0n) is 18.6. The lowest BCUT2D eigenvalue weighted by atomic mass is 9.99. The molecule has 8 heteroatoms. The maximum atomic E-state index is 15.1. The Kier molecular flexibility index (Phi) is 4.46. The molecule has 0 spiro atoms. The molecule has 1 aromatic carbocycles. The van der Waals surface area contributed by atoms with E-state index in [0.717, 1.165) is 16.8 Å². The molecule has 6 nitrogen and oxygen atoms in total. The molecule has 3 aromatic heterocycles. The molecule has 4 heterocycles. The van der Waals surface area contributed by atoms with Crippen LogP contribution in [-0.2, 0) is 7.05 Å². The summed E-state index contributed by atoms with van der Waals surface area (Å²) >= 11 is 0. The molecule has 1 saturated heterocycles. The van der Waals surface area contributed by atoms with Gasteiger partial charge in [-0.25, -0.2) is 13.6 Å². The van der Waals surface area contributed by atoms with Gasteiger partial charge in [0.1, 0.15) is 6.04 Å². The van der Waals surface area contributed by atoms with E-state index in [1.165, 1.54) is 22.0 Å². The molecule has 170 valence electrons. The molecule has 0 radical (unpaired) electrons. The Balaban J connectivity index is 1.56. The maximum absolute atomic E-state index is 15.1. The first kappa shape index (κ1) is 20.5. The van der Waals surface area contributed by atoms with E-state index in [2.05, 4.69) is 22.1 Å². The number of aromatic nitrogens is 4. The number of fused-ring (bicyclic) bond motifs is 3. The molecule has 0 N–H and O–H groups in total. The van der Waals surface area contributed by atoms with Crippen molar-refractivity contribution in [3.63, 3.8) is 0 Å². The number of likely N-dealkylation sites (tertiary alicyclic amines) is 1. The highest BCUT2D eigenvalue weighted by Gasteiger charge is 2.46. The predicted octanol–water partition coefficient (Wildman–Crippen LogP) is 4.34. The second kappa shape index (κ2) is 7.18. The first-order valence-electron chi connectivity index (χ1n) is 11.4. The van der Waals surface area contributed by atoms with Crippen LogP contribution < -0.4 is 5.69 Å². The van der Waals surface area contributed by atoms with Gasteiger partial charge in [-0.1, -0.05) is 12.1 Å². The van der Waals surface area contributed by atoms with Crippen LogP contribution in [0.2, 0.25) is 0 Å². The summed E-state index contributed by atoms with van der Waals surface area (Å²) in [5.74, 6) is -2.43. The molecule has 1 saturated carbocycles. The minimum atomic E-state index is -3.01. The van der Waals surface area contributed by atoms with Gasteiger partial charge in [-0.2, -0.15) is 0 Å². The van der Waals surface area contributed by atoms with Crippen molar-refractivity contribution < 1.29 is 8.78 Å². The van der Waals surface area contributed by atoms with Gasteiger partial charge in [0.2, 0.25) is 0 Å². The second-order valence-corrected chi connectivity index (χ2v) is 9.48. The van der Waals surface area contributed by atoms with Gasteiger partial charge in [0, 0.05) is 42.4 Å². The standard InChI is InChI=1S/C25H25F2N5O/c1-30-10-9-22(25(26,27)14-30)32-23-18-11-16(17-6-7-19(28-12-17)15-3-4-15)5-8-20(18)29-13-21(23)31(2)24(32)33/h5-8,11-13,15,22H,3-4,9-10,14H2,1-2H3/t22-/m0/s1. The van der Waals surface area contributed by atoms with Crippen molar-refractivity contribution in [3.05, 3.63) is 58.9 Å². The Hall–Kier alpha value is -3.13. The van der Waals surface area contributed by atoms with Crippen LogP contribution in [0.25, 0.3) is 33.1 Å². The average Bonchev–Trinajstić information content (AvgIpc) is 3.61. The number of piperidine rings is 1. The van der Waals surface area contributed by atoms with Gasteiger partial charge >= 0.3 is 5.69 Å². The van der Waals surface area contributed by atoms with Crippen molar-refractivity contribution in [2.24, 2.45) is 7.05 Å². The van der Waals surface area contributed by atoms with Gasteiger partial charge < -0.3 is 4.90 Å². The summed E-state index contributed by atoms with van der Waals surface area (Å²) in [5, 5.41) is 0.698. The maximum Gasteiger partial charge on any atom is 0.329 e. The van der Waals surface area contributed by atoms with E-state index in [-0.39, 0.29) is 13.0 Å². The van der Waals surface area contributed by atoms with Crippen molar-refractivity contribution in [2.75, 3.05) is 20.1 Å². The largest absolute Gasteiger partial charge is 0.329 e. The van der Waals surface area contributed by atoms with Gasteiger partial charge in [0.05, 0.1) is 29.3 Å². The van der Waals surface area contributed by atoms with Crippen LogP contribution in [0.1, 0.15) is 36.9 Å². The summed E-state index contributed by atoms with van der Waals surface area (Å²) in [6.45, 7) is 0.143. The van der Waals surface area contributed by atoms with E-state index in [1.54, 1.807) is 25.2 Å². The van der Waals surface area contributed by atoms with Crippen LogP contribution in [0.5, 0.6) is 0 Å². The average molecular weight is 450 g/mol. The number of nitrogens with zero attached hydrogens (tertiary/aromatic N) is 5. The Bertz CT molecular complexity index is 1440. The summed E-state index contributed by atoms with van der Waals surface area (Å²) < 4.78 is 33.0. The Morgan fingerprint density at radius 2 is 1.79 bits per heavy atom. The fourth-order valence-corrected chi connectivity index (χ4v) is 5.11. The van der Waals surface area contributed by atoms with Crippen molar-refractivity contribution >= 4 is 21.9 Å². The van der Waals surface area contributed by atoms with E-state index >= 15 is 8.78 Å². The van der Waals surface area contributed by atoms with E-state index in [9.17, 15) is 4.79 Å². The fourth-order valence-electron chi connectivity index (χ4n) is 5.11. The topological polar surface area (TPSA) is 56.0 Å². The predicted molar refractivity (Wildman–Crippen MR) is 124 cm³/mol. The van der Waals surface area contributed by atoms with Crippen molar-refractivity contribution in [3.8, 4) is 11.1 Å². The third-order valence-electron chi connectivity index (χ3n) is 7.09. The Labute approximate surface area is 189 Å². The van der Waals surface area contributed by atoms with Crippen LogP contribution in [0.15, 0.2) is 47.5 Å². The van der Waals surface area contributed by atoms with Crippen LogP contribution in [0, 0.1) is 0 Å². The minimum Gasteiger partial charge on any atom is -0.300 e. The molecule has 1 aliphatic carbocycles. The monoisotopic (exact) mass is 449 g/mol. The number of hydrogen-bond acceptors (Lipinski definition) is 4. The molecule has 1 atom stereocenters. The molecule has 2 aliphatic rings. The normalized spacial score (nSPS) is 21.2. The number of halogens is 2. The smallest absolute Gasteiger partial charge is 0.300 e. The third kappa shape index (κ3) is 3.27. The summed E-state index contributed by atoms with van der Waals surface area (Å²) in [5.41, 5.74) is 4.30. The van der Waals surface area contributed by atoms with Crippen molar-refractivity contribution in [1.82, 2.24) is 24.0 Å². The number of pyridine rings is 2. The van der Waals surface area contributed by atoms with E-state index in [1.807, 2.05) is 24.4 Å². The van der Waals surface area contributed by atoms with Gasteiger partial charge in [0.25, 0.3) is 5.92 Å². The summed E-state index contributed by atoms with van der Waals surface area (Å²) in [7, 11) is 3.30. The lowest BCUT2D eigenvalue weighted by Crippen LogP contribution is -2.49. The van der Waals surface area contributed by atoms with Crippen LogP contribution >= 0.6 is 0 Å². The van der Waals surface area contributed by atoms with E-state index in [0.29, 0.717) is 34.4 Å². The lowest BCUT2D eigenvalue weighted by Gasteiger charge is -2.37. The number of imidazole rings is 1. The lowest BCUT2D eigenvalue weighted by molar-refractivity contribution is -0.0977. The van der Waals surface area contributed by atoms with Crippen molar-refractivity contribution in [1.29, 1.82) is 0 Å². The van der Waals surface area contributed by atoms with E-state index in [4.69, 9.17) is 0 Å². The first-order valence-corrected chi connectivity index (χ1v) is 11.4. The zero-order chi connectivity index (χ0) is 22.9. The summed E-state index contributed by atoms with van der Waals surface area (Å²) in [6.07, 6.45) is 6.07. The van der Waals surface area contributed by atoms with Crippen LogP contribution in [0.4, 0.5) is 8.78 Å². The van der Waals surface area contributed by atoms with Gasteiger partial charge in [0.15, 0.2) is 0 Å². The van der Waals surface area contributed by atoms with Gasteiger partial charge in [-0.3, -0.25) is 19.1 Å². The Morgan fingerprint density at radius 3 is 2.48 bits per heavy atom. The molecule has 6 rings (SSSR count). The number of alkyl halides is 2. The molecule has 33 heavy (non-hydrogen) atoms. The second-order valence-electron chi connectivity index (χ2n) is 9.48. The molecule has 4 aromatic rings. The fraction of sp³-hybridized carbons (Fsp3) is 0.400. The van der Waals surface area contributed by atoms with Crippen LogP contribution in [0.3, 0.4) is 0 Å². The number of aryl methyl sites for hydroxylation is 1. The summed E-state index contributed by atoms with van der Waals surface area (Å²) in [6, 6.07) is 8.71. The SMILES string of the molecule is CN1CC[C@H](n2c(=O)n(C)c3cnc4ccc(-c5ccc(C6CC6)nc5)cc4c32)C(F)(F)C1. The Morgan fingerprint density at radius 1 is 1.00 bits per heavy atom. The molecule has 2 fully saturated rings. The molecule has 0 amide bonds. The molecule has 0 bridgehead atoms. The zero-order valence-corrected chi connectivity index (χ0v) is 18.6. The minimum absolute atomic E-state index is 0.207. The quantitative estimate of drug-likeness (QED) is 0.467. The highest BCUT2D eigenvalue weighted by molar-refractivity contribution is 6.04. The first-order chi connectivity index (χ1) is 15.8. The number of rotatable bonds is 3. The van der Waals surface area contributed by atoms with Gasteiger partial charge in [-0.15, -0.1) is 0 Å². The molecular weight excluding hydrogens is 424 g/mol. The highest BCUT2D eigenvalue weighted by atomic mass is 19.3. The van der Waals surface area contributed by atoms with Gasteiger partial charge in [-0.05, 0) is 50.1 Å². The van der Waals surface area contributed by atoms with E-state index < -0.39 is 17.7 Å². The molecule has 0 unspecified atom stereocenters. The summed E-state index contributed by atoms with van der Waals surface area (Å²) in [4.78, 5) is 23.9. The number of benzene rings is 1. The van der Waals surface area contributed by atoms with Crippen molar-refractivity contribution in [2.45, 2.75) is 37.1 Å².